The average Bonchev–Trinajstić information content (AvgIpc) is 2.28. The number of anilines is 2. The van der Waals surface area contributed by atoms with Crippen molar-refractivity contribution in [3.05, 3.63) is 22.7 Å². The van der Waals surface area contributed by atoms with Crippen LogP contribution in [0.2, 0.25) is 0 Å². The smallest absolute Gasteiger partial charge is 0.0605 e. The van der Waals surface area contributed by atoms with Gasteiger partial charge in [-0.15, -0.1) is 0 Å². The molecule has 16 heavy (non-hydrogen) atoms. The summed E-state index contributed by atoms with van der Waals surface area (Å²) in [6, 6.07) is 6.90. The minimum atomic E-state index is 0.507. The summed E-state index contributed by atoms with van der Waals surface area (Å²) in [5.74, 6) is 0. The number of nitrogens with one attached hydrogen (secondary N) is 1. The Bertz CT molecular complexity index is 367. The molecule has 1 aliphatic rings. The summed E-state index contributed by atoms with van der Waals surface area (Å²) in [6.07, 6.45) is 1.04. The van der Waals surface area contributed by atoms with E-state index in [4.69, 9.17) is 5.73 Å². The minimum absolute atomic E-state index is 0.507. The van der Waals surface area contributed by atoms with Crippen LogP contribution in [-0.4, -0.2) is 25.7 Å². The second kappa shape index (κ2) is 5.06. The van der Waals surface area contributed by atoms with Crippen molar-refractivity contribution in [2.45, 2.75) is 19.4 Å². The van der Waals surface area contributed by atoms with Crippen molar-refractivity contribution in [1.29, 1.82) is 0 Å². The zero-order valence-electron chi connectivity index (χ0n) is 9.54. The number of benzene rings is 1. The first kappa shape index (κ1) is 11.7. The molecule has 0 saturated heterocycles. The maximum atomic E-state index is 5.63. The molecule has 4 heteroatoms. The van der Waals surface area contributed by atoms with E-state index < -0.39 is 0 Å². The number of nitrogens with zero attached hydrogens (tertiary/aromatic N) is 1. The SMILES string of the molecule is CC(CCN)N1CCNc2cc(Br)ccc21. The lowest BCUT2D eigenvalue weighted by Crippen LogP contribution is -2.41. The highest BCUT2D eigenvalue weighted by atomic mass is 79.9. The van der Waals surface area contributed by atoms with Gasteiger partial charge in [0.15, 0.2) is 0 Å². The molecular weight excluding hydrogens is 266 g/mol. The Morgan fingerprint density at radius 2 is 2.38 bits per heavy atom. The third-order valence-electron chi connectivity index (χ3n) is 3.05. The predicted molar refractivity (Wildman–Crippen MR) is 73.1 cm³/mol. The van der Waals surface area contributed by atoms with Gasteiger partial charge in [0.2, 0.25) is 0 Å². The average molecular weight is 284 g/mol. The molecule has 2 rings (SSSR count). The quantitative estimate of drug-likeness (QED) is 0.895. The topological polar surface area (TPSA) is 41.3 Å². The first-order valence-electron chi connectivity index (χ1n) is 5.72. The summed E-state index contributed by atoms with van der Waals surface area (Å²) in [5, 5.41) is 3.43. The molecule has 1 unspecified atom stereocenters. The van der Waals surface area contributed by atoms with Crippen LogP contribution in [0.3, 0.4) is 0 Å². The van der Waals surface area contributed by atoms with Crippen molar-refractivity contribution in [2.24, 2.45) is 5.73 Å². The Labute approximate surface area is 105 Å². The van der Waals surface area contributed by atoms with Gasteiger partial charge in [-0.1, -0.05) is 15.9 Å². The Balaban J connectivity index is 2.25. The van der Waals surface area contributed by atoms with Crippen LogP contribution in [0, 0.1) is 0 Å². The lowest BCUT2D eigenvalue weighted by atomic mass is 10.1. The molecule has 1 heterocycles. The molecule has 0 amide bonds. The normalized spacial score (nSPS) is 16.6. The third-order valence-corrected chi connectivity index (χ3v) is 3.55. The van der Waals surface area contributed by atoms with Crippen molar-refractivity contribution in [2.75, 3.05) is 29.9 Å². The summed E-state index contributed by atoms with van der Waals surface area (Å²) >= 11 is 3.50. The molecule has 1 atom stereocenters. The van der Waals surface area contributed by atoms with Gasteiger partial charge in [-0.25, -0.2) is 0 Å². The van der Waals surface area contributed by atoms with Crippen LogP contribution >= 0.6 is 15.9 Å². The molecular formula is C12H18BrN3. The number of hydrogen-bond donors (Lipinski definition) is 2. The van der Waals surface area contributed by atoms with E-state index >= 15 is 0 Å². The molecule has 0 radical (unpaired) electrons. The first-order chi connectivity index (χ1) is 7.72. The maximum absolute atomic E-state index is 5.63. The van der Waals surface area contributed by atoms with E-state index in [9.17, 15) is 0 Å². The van der Waals surface area contributed by atoms with E-state index in [2.05, 4.69) is 51.3 Å². The Kier molecular flexibility index (Phi) is 3.71. The zero-order chi connectivity index (χ0) is 11.5. The van der Waals surface area contributed by atoms with Crippen molar-refractivity contribution < 1.29 is 0 Å². The number of fused-ring (bicyclic) bond motifs is 1. The first-order valence-corrected chi connectivity index (χ1v) is 6.52. The van der Waals surface area contributed by atoms with Gasteiger partial charge in [0.05, 0.1) is 11.4 Å². The third kappa shape index (κ3) is 2.33. The highest BCUT2D eigenvalue weighted by Crippen LogP contribution is 2.33. The van der Waals surface area contributed by atoms with Gasteiger partial charge in [-0.05, 0) is 38.1 Å². The molecule has 0 aliphatic carbocycles. The Hall–Kier alpha value is -0.740. The molecule has 1 aromatic carbocycles. The van der Waals surface area contributed by atoms with Crippen LogP contribution < -0.4 is 16.0 Å². The molecule has 0 spiro atoms. The van der Waals surface area contributed by atoms with Crippen LogP contribution in [0.4, 0.5) is 11.4 Å². The molecule has 1 aromatic rings. The van der Waals surface area contributed by atoms with Gasteiger partial charge in [-0.3, -0.25) is 0 Å². The highest BCUT2D eigenvalue weighted by Gasteiger charge is 2.20. The molecule has 3 N–H and O–H groups in total. The summed E-state index contributed by atoms with van der Waals surface area (Å²) in [6.45, 7) is 5.04. The fraction of sp³-hybridized carbons (Fsp3) is 0.500. The van der Waals surface area contributed by atoms with E-state index in [1.165, 1.54) is 11.4 Å². The highest BCUT2D eigenvalue weighted by molar-refractivity contribution is 9.10. The fourth-order valence-electron chi connectivity index (χ4n) is 2.19. The lowest BCUT2D eigenvalue weighted by Gasteiger charge is -2.36. The van der Waals surface area contributed by atoms with Crippen molar-refractivity contribution in [1.82, 2.24) is 0 Å². The maximum Gasteiger partial charge on any atom is 0.0605 e. The predicted octanol–water partition coefficient (Wildman–Crippen LogP) is 2.42. The molecule has 0 bridgehead atoms. The summed E-state index contributed by atoms with van der Waals surface area (Å²) in [4.78, 5) is 2.44. The van der Waals surface area contributed by atoms with Gasteiger partial charge in [0, 0.05) is 23.6 Å². The van der Waals surface area contributed by atoms with Crippen molar-refractivity contribution in [3.8, 4) is 0 Å². The van der Waals surface area contributed by atoms with E-state index in [0.717, 1.165) is 30.5 Å². The van der Waals surface area contributed by atoms with Crippen LogP contribution in [-0.2, 0) is 0 Å². The summed E-state index contributed by atoms with van der Waals surface area (Å²) in [7, 11) is 0. The largest absolute Gasteiger partial charge is 0.382 e. The second-order valence-corrected chi connectivity index (χ2v) is 5.12. The summed E-state index contributed by atoms with van der Waals surface area (Å²) in [5.41, 5.74) is 8.13. The molecule has 3 nitrogen and oxygen atoms in total. The number of nitrogens with two attached hydrogens (primary N) is 1. The van der Waals surface area contributed by atoms with Crippen molar-refractivity contribution in [3.63, 3.8) is 0 Å². The number of halogens is 1. The standard InChI is InChI=1S/C12H18BrN3/c1-9(4-5-14)16-7-6-15-11-8-10(13)2-3-12(11)16/h2-3,8-9,15H,4-7,14H2,1H3. The lowest BCUT2D eigenvalue weighted by molar-refractivity contribution is 0.595. The fourth-order valence-corrected chi connectivity index (χ4v) is 2.55. The second-order valence-electron chi connectivity index (χ2n) is 4.21. The monoisotopic (exact) mass is 283 g/mol. The van der Waals surface area contributed by atoms with Crippen molar-refractivity contribution >= 4 is 27.3 Å². The van der Waals surface area contributed by atoms with E-state index in [-0.39, 0.29) is 0 Å². The van der Waals surface area contributed by atoms with Crippen LogP contribution in [0.15, 0.2) is 22.7 Å². The minimum Gasteiger partial charge on any atom is -0.382 e. The van der Waals surface area contributed by atoms with E-state index in [1.807, 2.05) is 0 Å². The van der Waals surface area contributed by atoms with Gasteiger partial charge in [0.1, 0.15) is 0 Å². The zero-order valence-corrected chi connectivity index (χ0v) is 11.1. The molecule has 0 aromatic heterocycles. The van der Waals surface area contributed by atoms with Crippen LogP contribution in [0.25, 0.3) is 0 Å². The molecule has 0 saturated carbocycles. The van der Waals surface area contributed by atoms with Gasteiger partial charge < -0.3 is 16.0 Å². The van der Waals surface area contributed by atoms with E-state index in [1.54, 1.807) is 0 Å². The Morgan fingerprint density at radius 1 is 1.56 bits per heavy atom. The molecule has 0 fully saturated rings. The molecule has 88 valence electrons. The van der Waals surface area contributed by atoms with Crippen LogP contribution in [0.5, 0.6) is 0 Å². The number of rotatable bonds is 3. The van der Waals surface area contributed by atoms with Crippen LogP contribution in [0.1, 0.15) is 13.3 Å². The van der Waals surface area contributed by atoms with E-state index in [0.29, 0.717) is 6.04 Å². The molecule has 1 aliphatic heterocycles. The summed E-state index contributed by atoms with van der Waals surface area (Å²) < 4.78 is 1.12. The van der Waals surface area contributed by atoms with Gasteiger partial charge in [0.25, 0.3) is 0 Å². The van der Waals surface area contributed by atoms with Gasteiger partial charge in [-0.2, -0.15) is 0 Å². The number of hydrogen-bond acceptors (Lipinski definition) is 3. The van der Waals surface area contributed by atoms with Gasteiger partial charge >= 0.3 is 0 Å². The Morgan fingerprint density at radius 3 is 3.12 bits per heavy atom.